The molecule has 4 aromatic rings. The third kappa shape index (κ3) is 6.21. The average Bonchev–Trinajstić information content (AvgIpc) is 3.50. The van der Waals surface area contributed by atoms with Gasteiger partial charge in [0.1, 0.15) is 4.75 Å². The monoisotopic (exact) mass is 619 g/mol. The van der Waals surface area contributed by atoms with Crippen LogP contribution in [0.5, 0.6) is 0 Å². The Hall–Kier alpha value is -3.64. The molecule has 2 saturated heterocycles. The average molecular weight is 620 g/mol. The number of fused-ring (bicyclic) bond motifs is 1. The Morgan fingerprint density at radius 2 is 1.91 bits per heavy atom. The number of nitrogens with one attached hydrogen (secondary N) is 1. The predicted molar refractivity (Wildman–Crippen MR) is 165 cm³/mol. The summed E-state index contributed by atoms with van der Waals surface area (Å²) in [7, 11) is -3.91. The lowest BCUT2D eigenvalue weighted by Crippen LogP contribution is -2.43. The minimum atomic E-state index is -3.91. The fraction of sp³-hybridized carbons (Fsp3) is 0.344. The normalized spacial score (nSPS) is 22.1. The van der Waals surface area contributed by atoms with Crippen LogP contribution in [-0.4, -0.2) is 61.9 Å². The van der Waals surface area contributed by atoms with Crippen molar-refractivity contribution in [1.29, 1.82) is 0 Å². The number of aromatic nitrogens is 1. The van der Waals surface area contributed by atoms with Crippen molar-refractivity contribution in [3.05, 3.63) is 89.4 Å². The number of amides is 2. The van der Waals surface area contributed by atoms with E-state index >= 15 is 0 Å². The molecule has 0 radical (unpaired) electrons. The molecule has 6 rings (SSSR count). The number of benzene rings is 2. The maximum Gasteiger partial charge on any atom is 0.253 e. The van der Waals surface area contributed by atoms with E-state index in [0.29, 0.717) is 23.5 Å². The van der Waals surface area contributed by atoms with Crippen molar-refractivity contribution < 1.29 is 27.6 Å². The number of hydrogen-bond donors (Lipinski definition) is 1. The number of nitrogens with zero attached hydrogens (tertiary/aromatic N) is 2. The number of ether oxygens (including phenoxy) is 1. The minimum absolute atomic E-state index is 0.0434. The number of hydroxylamine groups is 1. The van der Waals surface area contributed by atoms with Crippen LogP contribution in [0.3, 0.4) is 0 Å². The van der Waals surface area contributed by atoms with Gasteiger partial charge in [-0.3, -0.25) is 14.6 Å². The first-order chi connectivity index (χ1) is 20.8. The number of hydrogen-bond acceptors (Lipinski definition) is 8. The molecule has 43 heavy (non-hydrogen) atoms. The Balaban J connectivity index is 1.32. The van der Waals surface area contributed by atoms with Gasteiger partial charge in [0, 0.05) is 53.0 Å². The Morgan fingerprint density at radius 1 is 1.05 bits per heavy atom. The quantitative estimate of drug-likeness (QED) is 0.287. The molecule has 0 saturated carbocycles. The van der Waals surface area contributed by atoms with Gasteiger partial charge in [-0.05, 0) is 67.3 Å². The van der Waals surface area contributed by atoms with Crippen molar-refractivity contribution in [2.75, 3.05) is 25.4 Å². The molecule has 2 atom stereocenters. The molecule has 4 heterocycles. The van der Waals surface area contributed by atoms with E-state index in [1.54, 1.807) is 41.4 Å². The second kappa shape index (κ2) is 12.5. The van der Waals surface area contributed by atoms with Crippen LogP contribution in [0.15, 0.2) is 79.0 Å². The summed E-state index contributed by atoms with van der Waals surface area (Å²) in [6.07, 6.45) is 3.42. The lowest BCUT2D eigenvalue weighted by atomic mass is 9.97. The van der Waals surface area contributed by atoms with E-state index in [4.69, 9.17) is 9.57 Å². The Kier molecular flexibility index (Phi) is 8.58. The molecule has 2 amide bonds. The molecule has 2 aliphatic heterocycles. The Bertz CT molecular complexity index is 1720. The first kappa shape index (κ1) is 29.4. The summed E-state index contributed by atoms with van der Waals surface area (Å²) in [6, 6.07) is 22.3. The van der Waals surface area contributed by atoms with Crippen LogP contribution in [-0.2, 0) is 29.0 Å². The van der Waals surface area contributed by atoms with Gasteiger partial charge in [0.15, 0.2) is 16.1 Å². The third-order valence-electron chi connectivity index (χ3n) is 8.15. The molecule has 2 aliphatic rings. The topological polar surface area (TPSA) is 115 Å². The molecule has 0 spiro atoms. The van der Waals surface area contributed by atoms with Gasteiger partial charge in [-0.1, -0.05) is 30.3 Å². The van der Waals surface area contributed by atoms with Gasteiger partial charge in [0.05, 0.1) is 17.7 Å². The van der Waals surface area contributed by atoms with E-state index in [2.05, 4.69) is 10.5 Å². The van der Waals surface area contributed by atoms with Crippen molar-refractivity contribution >= 4 is 43.9 Å². The number of carbonyl (C=O) groups is 2. The van der Waals surface area contributed by atoms with Gasteiger partial charge >= 0.3 is 0 Å². The number of carbonyl (C=O) groups excluding carboxylic acids is 2. The summed E-state index contributed by atoms with van der Waals surface area (Å²) in [6.45, 7) is 0.774. The summed E-state index contributed by atoms with van der Waals surface area (Å²) >= 11 is 1.36. The second-order valence-corrected chi connectivity index (χ2v) is 14.4. The van der Waals surface area contributed by atoms with Crippen molar-refractivity contribution in [1.82, 2.24) is 15.4 Å². The van der Waals surface area contributed by atoms with Crippen molar-refractivity contribution in [2.45, 2.75) is 43.1 Å². The van der Waals surface area contributed by atoms with Gasteiger partial charge in [0.2, 0.25) is 5.91 Å². The van der Waals surface area contributed by atoms with Gasteiger partial charge in [-0.25, -0.2) is 18.7 Å². The van der Waals surface area contributed by atoms with Crippen LogP contribution < -0.4 is 5.48 Å². The zero-order chi connectivity index (χ0) is 29.9. The number of rotatable bonds is 7. The first-order valence-electron chi connectivity index (χ1n) is 14.4. The Morgan fingerprint density at radius 3 is 2.72 bits per heavy atom. The van der Waals surface area contributed by atoms with Gasteiger partial charge in [-0.2, -0.15) is 0 Å². The highest BCUT2D eigenvalue weighted by molar-refractivity contribution is 7.92. The van der Waals surface area contributed by atoms with E-state index in [-0.39, 0.29) is 37.6 Å². The highest BCUT2D eigenvalue weighted by Gasteiger charge is 2.50. The molecule has 2 aromatic carbocycles. The Labute approximate surface area is 254 Å². The summed E-state index contributed by atoms with van der Waals surface area (Å²) in [5.41, 5.74) is 4.75. The molecule has 11 heteroatoms. The molecule has 0 bridgehead atoms. The van der Waals surface area contributed by atoms with E-state index in [1.165, 1.54) is 11.3 Å². The third-order valence-corrected chi connectivity index (χ3v) is 12.1. The second-order valence-electron chi connectivity index (χ2n) is 10.9. The van der Waals surface area contributed by atoms with E-state index in [0.717, 1.165) is 34.2 Å². The number of thiophene rings is 1. The predicted octanol–water partition coefficient (Wildman–Crippen LogP) is 5.08. The molecular formula is C32H33N3O6S2. The smallest absolute Gasteiger partial charge is 0.253 e. The van der Waals surface area contributed by atoms with Gasteiger partial charge in [-0.15, -0.1) is 11.3 Å². The molecule has 0 aliphatic carbocycles. The number of sulfone groups is 1. The lowest BCUT2D eigenvalue weighted by Gasteiger charge is -2.31. The molecule has 9 nitrogen and oxygen atoms in total. The highest BCUT2D eigenvalue weighted by Crippen LogP contribution is 2.45. The molecule has 2 fully saturated rings. The summed E-state index contributed by atoms with van der Waals surface area (Å²) in [4.78, 5) is 39.6. The molecule has 1 N–H and O–H groups in total. The first-order valence-corrected chi connectivity index (χ1v) is 16.9. The summed E-state index contributed by atoms with van der Waals surface area (Å²) in [5.74, 6) is -1.04. The van der Waals surface area contributed by atoms with E-state index < -0.39 is 26.8 Å². The standard InChI is InChI=1S/C32H33N3O6S2/c36-29(34-41-30-10-4-5-19-40-30)22-32(15-17-35(18-20-43(32,38)39)31(37)23-7-2-1-3-8-23)28-14-13-27(42-28)25-11-12-26-24(21-25)9-6-16-33-26/h1-3,6-9,11-14,16,21,30H,4-5,10,15,17-20,22H2,(H,34,36). The van der Waals surface area contributed by atoms with Crippen LogP contribution in [0.2, 0.25) is 0 Å². The molecule has 224 valence electrons. The van der Waals surface area contributed by atoms with E-state index in [9.17, 15) is 18.0 Å². The molecule has 2 aromatic heterocycles. The van der Waals surface area contributed by atoms with Crippen molar-refractivity contribution in [2.24, 2.45) is 0 Å². The maximum atomic E-state index is 14.2. The number of pyridine rings is 1. The zero-order valence-electron chi connectivity index (χ0n) is 23.6. The lowest BCUT2D eigenvalue weighted by molar-refractivity contribution is -0.200. The minimum Gasteiger partial charge on any atom is -0.350 e. The SMILES string of the molecule is O=C(CC1(c2ccc(-c3ccc4ncccc4c3)s2)CCN(C(=O)c2ccccc2)CCS1(=O)=O)NOC1CCCCO1. The summed E-state index contributed by atoms with van der Waals surface area (Å²) in [5, 5.41) is 0.975. The van der Waals surface area contributed by atoms with Crippen molar-refractivity contribution in [3.63, 3.8) is 0 Å². The van der Waals surface area contributed by atoms with Crippen LogP contribution >= 0.6 is 11.3 Å². The van der Waals surface area contributed by atoms with Crippen molar-refractivity contribution in [3.8, 4) is 10.4 Å². The van der Waals surface area contributed by atoms with Crippen LogP contribution in [0.1, 0.15) is 47.3 Å². The molecule has 2 unspecified atom stereocenters. The zero-order valence-corrected chi connectivity index (χ0v) is 25.2. The van der Waals surface area contributed by atoms with Crippen LogP contribution in [0.4, 0.5) is 0 Å². The maximum absolute atomic E-state index is 14.2. The fourth-order valence-corrected chi connectivity index (χ4v) is 9.33. The van der Waals surface area contributed by atoms with E-state index in [1.807, 2.05) is 42.5 Å². The summed E-state index contributed by atoms with van der Waals surface area (Å²) < 4.78 is 32.4. The largest absolute Gasteiger partial charge is 0.350 e. The van der Waals surface area contributed by atoms with Crippen LogP contribution in [0, 0.1) is 0 Å². The van der Waals surface area contributed by atoms with Crippen LogP contribution in [0.25, 0.3) is 21.3 Å². The molecular weight excluding hydrogens is 587 g/mol. The van der Waals surface area contributed by atoms with Gasteiger partial charge in [0.25, 0.3) is 5.91 Å². The fourth-order valence-electron chi connectivity index (χ4n) is 5.73. The highest BCUT2D eigenvalue weighted by atomic mass is 32.2. The van der Waals surface area contributed by atoms with Gasteiger partial charge < -0.3 is 9.64 Å².